The third-order valence-corrected chi connectivity index (χ3v) is 2.92. The van der Waals surface area contributed by atoms with Crippen LogP contribution in [-0.4, -0.2) is 14.3 Å². The van der Waals surface area contributed by atoms with Crippen LogP contribution in [-0.2, 0) is 0 Å². The maximum Gasteiger partial charge on any atom is 0.123 e. The van der Waals surface area contributed by atoms with E-state index < -0.39 is 0 Å². The highest BCUT2D eigenvalue weighted by Crippen LogP contribution is 2.21. The summed E-state index contributed by atoms with van der Waals surface area (Å²) < 4.78 is 0. The molecule has 1 nitrogen and oxygen atoms in total. The Hall–Kier alpha value is -0.395. The first-order valence-corrected chi connectivity index (χ1v) is 5.35. The van der Waals surface area contributed by atoms with E-state index in [-0.39, 0.29) is 0 Å². The van der Waals surface area contributed by atoms with Gasteiger partial charge in [-0.15, -0.1) is 0 Å². The first kappa shape index (κ1) is 12.6. The number of nitrogens with one attached hydrogen (secondary N) is 1. The van der Waals surface area contributed by atoms with Crippen molar-refractivity contribution in [2.75, 3.05) is 7.05 Å². The van der Waals surface area contributed by atoms with Crippen molar-refractivity contribution >= 4 is 7.28 Å². The molecule has 13 heavy (non-hydrogen) atoms. The summed E-state index contributed by atoms with van der Waals surface area (Å²) in [4.78, 5) is 0. The Morgan fingerprint density at radius 3 is 2.23 bits per heavy atom. The highest BCUT2D eigenvalue weighted by molar-refractivity contribution is 6.37. The summed E-state index contributed by atoms with van der Waals surface area (Å²) >= 11 is 0. The fourth-order valence-electron chi connectivity index (χ4n) is 1.42. The average Bonchev–Trinajstić information content (AvgIpc) is 2.11. The molecule has 0 heterocycles. The zero-order chi connectivity index (χ0) is 10.4. The summed E-state index contributed by atoms with van der Waals surface area (Å²) in [6.07, 6.45) is 1.31. The summed E-state index contributed by atoms with van der Waals surface area (Å²) in [5, 5.41) is 3.14. The molecule has 0 amide bonds. The highest BCUT2D eigenvalue weighted by atomic mass is 14.8. The van der Waals surface area contributed by atoms with Crippen LogP contribution in [0.15, 0.2) is 12.3 Å². The van der Waals surface area contributed by atoms with Gasteiger partial charge in [0.25, 0.3) is 0 Å². The molecule has 0 rings (SSSR count). The second kappa shape index (κ2) is 6.12. The molecule has 1 N–H and O–H groups in total. The maximum absolute atomic E-state index is 4.01. The summed E-state index contributed by atoms with van der Waals surface area (Å²) in [6, 6.07) is 0. The quantitative estimate of drug-likeness (QED) is 0.621. The summed E-state index contributed by atoms with van der Waals surface area (Å²) in [5.41, 5.74) is 1.16. The molecule has 0 spiro atoms. The Morgan fingerprint density at radius 2 is 1.85 bits per heavy atom. The van der Waals surface area contributed by atoms with Crippen molar-refractivity contribution in [2.45, 2.75) is 39.8 Å². The van der Waals surface area contributed by atoms with Crippen molar-refractivity contribution in [3.8, 4) is 0 Å². The lowest BCUT2D eigenvalue weighted by Crippen LogP contribution is -2.20. The van der Waals surface area contributed by atoms with E-state index in [1.165, 1.54) is 13.6 Å². The zero-order valence-electron chi connectivity index (χ0n) is 9.85. The monoisotopic (exact) mass is 181 g/mol. The Kier molecular flexibility index (Phi) is 5.93. The molecule has 0 aromatic carbocycles. The maximum atomic E-state index is 4.01. The topological polar surface area (TPSA) is 12.0 Å². The van der Waals surface area contributed by atoms with Crippen molar-refractivity contribution < 1.29 is 0 Å². The first-order valence-electron chi connectivity index (χ1n) is 5.35. The van der Waals surface area contributed by atoms with E-state index in [1.54, 1.807) is 0 Å². The van der Waals surface area contributed by atoms with Crippen LogP contribution >= 0.6 is 0 Å². The molecule has 0 bridgehead atoms. The van der Waals surface area contributed by atoms with Crippen LogP contribution in [0.25, 0.3) is 0 Å². The van der Waals surface area contributed by atoms with Crippen molar-refractivity contribution in [1.82, 2.24) is 5.32 Å². The van der Waals surface area contributed by atoms with Gasteiger partial charge in [0.2, 0.25) is 0 Å². The van der Waals surface area contributed by atoms with Gasteiger partial charge in [0, 0.05) is 12.7 Å². The van der Waals surface area contributed by atoms with E-state index >= 15 is 0 Å². The van der Waals surface area contributed by atoms with Gasteiger partial charge in [0.15, 0.2) is 0 Å². The van der Waals surface area contributed by atoms with Gasteiger partial charge in [0.1, 0.15) is 7.28 Å². The van der Waals surface area contributed by atoms with Crippen LogP contribution in [0.1, 0.15) is 27.7 Å². The fraction of sp³-hybridized carbons (Fsp3) is 0.818. The van der Waals surface area contributed by atoms with E-state index in [4.69, 9.17) is 0 Å². The SMILES string of the molecule is C=C(NC)[C@@H](C)C(C)CBC(C)C. The standard InChI is InChI=1S/C11H24BN/c1-8(2)12-7-9(3)10(4)11(5)13-6/h8-10,12-13H,5,7H2,1-4,6H3/t9?,10-/m0/s1. The predicted octanol–water partition coefficient (Wildman–Crippen LogP) is 2.67. The molecule has 76 valence electrons. The Bertz CT molecular complexity index is 154. The second-order valence-electron chi connectivity index (χ2n) is 4.51. The van der Waals surface area contributed by atoms with Crippen LogP contribution in [0.3, 0.4) is 0 Å². The van der Waals surface area contributed by atoms with Gasteiger partial charge in [-0.2, -0.15) is 0 Å². The van der Waals surface area contributed by atoms with Crippen LogP contribution in [0.4, 0.5) is 0 Å². The van der Waals surface area contributed by atoms with Gasteiger partial charge in [-0.1, -0.05) is 46.4 Å². The molecule has 2 atom stereocenters. The molecule has 0 aromatic rings. The lowest BCUT2D eigenvalue weighted by atomic mass is 9.59. The van der Waals surface area contributed by atoms with Gasteiger partial charge in [-0.3, -0.25) is 0 Å². The molecule has 0 saturated heterocycles. The summed E-state index contributed by atoms with van der Waals surface area (Å²) in [7, 11) is 3.27. The Labute approximate surface area is 84.2 Å². The number of allylic oxidation sites excluding steroid dienone is 1. The summed E-state index contributed by atoms with van der Waals surface area (Å²) in [5.74, 6) is 2.14. The molecule has 0 aliphatic rings. The van der Waals surface area contributed by atoms with E-state index in [2.05, 4.69) is 39.6 Å². The van der Waals surface area contributed by atoms with Gasteiger partial charge in [0.05, 0.1) is 0 Å². The first-order chi connectivity index (χ1) is 5.99. The Morgan fingerprint density at radius 1 is 1.31 bits per heavy atom. The molecule has 0 radical (unpaired) electrons. The molecule has 0 aliphatic heterocycles. The van der Waals surface area contributed by atoms with Gasteiger partial charge >= 0.3 is 0 Å². The fourth-order valence-corrected chi connectivity index (χ4v) is 1.42. The third kappa shape index (κ3) is 5.02. The smallest absolute Gasteiger partial charge is 0.123 e. The lowest BCUT2D eigenvalue weighted by molar-refractivity contribution is 0.459. The highest BCUT2D eigenvalue weighted by Gasteiger charge is 2.15. The average molecular weight is 181 g/mol. The molecule has 0 aromatic heterocycles. The molecule has 0 aliphatic carbocycles. The van der Waals surface area contributed by atoms with Crippen molar-refractivity contribution in [1.29, 1.82) is 0 Å². The van der Waals surface area contributed by atoms with Crippen molar-refractivity contribution in [2.24, 2.45) is 11.8 Å². The van der Waals surface area contributed by atoms with E-state index in [0.29, 0.717) is 5.92 Å². The normalized spacial score (nSPS) is 15.2. The van der Waals surface area contributed by atoms with Gasteiger partial charge in [-0.25, -0.2) is 0 Å². The molecule has 0 fully saturated rings. The van der Waals surface area contributed by atoms with Crippen LogP contribution in [0.5, 0.6) is 0 Å². The third-order valence-electron chi connectivity index (χ3n) is 2.92. The predicted molar refractivity (Wildman–Crippen MR) is 63.6 cm³/mol. The van der Waals surface area contributed by atoms with Crippen LogP contribution in [0.2, 0.25) is 12.1 Å². The van der Waals surface area contributed by atoms with E-state index in [9.17, 15) is 0 Å². The van der Waals surface area contributed by atoms with Gasteiger partial charge < -0.3 is 5.32 Å². The van der Waals surface area contributed by atoms with E-state index in [1.807, 2.05) is 7.05 Å². The van der Waals surface area contributed by atoms with Crippen molar-refractivity contribution in [3.63, 3.8) is 0 Å². The minimum absolute atomic E-state index is 0.587. The minimum Gasteiger partial charge on any atom is -0.392 e. The lowest BCUT2D eigenvalue weighted by Gasteiger charge is -2.22. The van der Waals surface area contributed by atoms with Crippen molar-refractivity contribution in [3.05, 3.63) is 12.3 Å². The minimum atomic E-state index is 0.587. The summed E-state index contributed by atoms with van der Waals surface area (Å²) in [6.45, 7) is 13.1. The van der Waals surface area contributed by atoms with Crippen LogP contribution < -0.4 is 5.32 Å². The molecular weight excluding hydrogens is 157 g/mol. The molecule has 2 heteroatoms. The van der Waals surface area contributed by atoms with Gasteiger partial charge in [-0.05, 0) is 11.8 Å². The number of hydrogen-bond acceptors (Lipinski definition) is 1. The largest absolute Gasteiger partial charge is 0.392 e. The number of rotatable bonds is 6. The van der Waals surface area contributed by atoms with E-state index in [0.717, 1.165) is 17.4 Å². The molecular formula is C11H24BN. The zero-order valence-corrected chi connectivity index (χ0v) is 9.85. The Balaban J connectivity index is 3.82. The molecule has 1 unspecified atom stereocenters. The second-order valence-corrected chi connectivity index (χ2v) is 4.51. The number of hydrogen-bond donors (Lipinski definition) is 1. The molecule has 0 saturated carbocycles. The van der Waals surface area contributed by atoms with Crippen LogP contribution in [0, 0.1) is 11.8 Å².